The van der Waals surface area contributed by atoms with Crippen LogP contribution in [0.3, 0.4) is 0 Å². The summed E-state index contributed by atoms with van der Waals surface area (Å²) in [7, 11) is 1.66. The Morgan fingerprint density at radius 2 is 1.47 bits per heavy atom. The zero-order chi connectivity index (χ0) is 13.8. The van der Waals surface area contributed by atoms with Crippen molar-refractivity contribution in [2.75, 3.05) is 11.9 Å². The van der Waals surface area contributed by atoms with Crippen LogP contribution in [0.15, 0.2) is 48.5 Å². The maximum atomic E-state index is 12.2. The largest absolute Gasteiger partial charge is 0.318 e. The minimum Gasteiger partial charge on any atom is -0.318 e. The molecule has 0 saturated carbocycles. The van der Waals surface area contributed by atoms with Crippen molar-refractivity contribution < 1.29 is 9.59 Å². The Balaban J connectivity index is 2.24. The van der Waals surface area contributed by atoms with E-state index in [0.717, 1.165) is 12.1 Å². The molecule has 0 unspecified atom stereocenters. The number of ketones is 1. The van der Waals surface area contributed by atoms with Crippen molar-refractivity contribution >= 4 is 29.5 Å². The van der Waals surface area contributed by atoms with Crippen LogP contribution in [0.25, 0.3) is 0 Å². The summed E-state index contributed by atoms with van der Waals surface area (Å²) in [6.45, 7) is 0. The molecule has 2 rings (SSSR count). The third-order valence-corrected chi connectivity index (χ3v) is 3.05. The summed E-state index contributed by atoms with van der Waals surface area (Å²) >= 11 is 5.78. The second-order valence-electron chi connectivity index (χ2n) is 4.10. The van der Waals surface area contributed by atoms with Gasteiger partial charge in [0.05, 0.1) is 0 Å². The first-order valence-corrected chi connectivity index (χ1v) is 6.08. The maximum absolute atomic E-state index is 12.2. The monoisotopic (exact) mass is 273 g/mol. The third-order valence-electron chi connectivity index (χ3n) is 2.80. The predicted octanol–water partition coefficient (Wildman–Crippen LogP) is 3.16. The van der Waals surface area contributed by atoms with Gasteiger partial charge in [-0.15, -0.1) is 0 Å². The molecular weight excluding hydrogens is 262 g/mol. The standard InChI is InChI=1S/C15H12ClNO2/c1-17(10-18)14-8-4-12(5-9-14)15(19)11-2-6-13(16)7-3-11/h2-10H,1H3. The maximum Gasteiger partial charge on any atom is 0.213 e. The minimum absolute atomic E-state index is 0.0722. The Bertz CT molecular complexity index is 591. The van der Waals surface area contributed by atoms with Crippen LogP contribution in [0, 0.1) is 0 Å². The van der Waals surface area contributed by atoms with Gasteiger partial charge in [-0.3, -0.25) is 9.59 Å². The van der Waals surface area contributed by atoms with Crippen molar-refractivity contribution in [3.63, 3.8) is 0 Å². The van der Waals surface area contributed by atoms with E-state index in [2.05, 4.69) is 0 Å². The third kappa shape index (κ3) is 3.01. The Morgan fingerprint density at radius 1 is 1.00 bits per heavy atom. The molecule has 0 fully saturated rings. The topological polar surface area (TPSA) is 37.4 Å². The summed E-state index contributed by atoms with van der Waals surface area (Å²) in [5, 5.41) is 0.597. The average molecular weight is 274 g/mol. The molecule has 0 aliphatic carbocycles. The number of rotatable bonds is 4. The van der Waals surface area contributed by atoms with Gasteiger partial charge < -0.3 is 4.90 Å². The van der Waals surface area contributed by atoms with Crippen LogP contribution in [0.5, 0.6) is 0 Å². The first kappa shape index (κ1) is 13.3. The number of hydrogen-bond acceptors (Lipinski definition) is 2. The molecule has 1 amide bonds. The molecule has 0 bridgehead atoms. The average Bonchev–Trinajstić information content (AvgIpc) is 2.46. The van der Waals surface area contributed by atoms with Crippen molar-refractivity contribution in [1.29, 1.82) is 0 Å². The van der Waals surface area contributed by atoms with Crippen LogP contribution in [-0.4, -0.2) is 19.2 Å². The number of carbonyl (C=O) groups excluding carboxylic acids is 2. The lowest BCUT2D eigenvalue weighted by atomic mass is 10.0. The highest BCUT2D eigenvalue weighted by Gasteiger charge is 2.09. The number of anilines is 1. The number of benzene rings is 2. The van der Waals surface area contributed by atoms with Gasteiger partial charge in [-0.2, -0.15) is 0 Å². The van der Waals surface area contributed by atoms with Crippen LogP contribution in [0.1, 0.15) is 15.9 Å². The zero-order valence-corrected chi connectivity index (χ0v) is 11.1. The molecule has 0 spiro atoms. The van der Waals surface area contributed by atoms with Gasteiger partial charge in [-0.1, -0.05) is 11.6 Å². The van der Waals surface area contributed by atoms with Crippen molar-refractivity contribution in [1.82, 2.24) is 0 Å². The minimum atomic E-state index is -0.0722. The molecule has 3 nitrogen and oxygen atoms in total. The van der Waals surface area contributed by atoms with Crippen LogP contribution in [-0.2, 0) is 4.79 Å². The van der Waals surface area contributed by atoms with Crippen LogP contribution < -0.4 is 4.90 Å². The summed E-state index contributed by atoms with van der Waals surface area (Å²) in [6.07, 6.45) is 0.718. The fourth-order valence-electron chi connectivity index (χ4n) is 1.68. The van der Waals surface area contributed by atoms with E-state index in [4.69, 9.17) is 11.6 Å². The number of nitrogens with zero attached hydrogens (tertiary/aromatic N) is 1. The molecule has 0 aliphatic heterocycles. The van der Waals surface area contributed by atoms with Gasteiger partial charge in [0.2, 0.25) is 6.41 Å². The summed E-state index contributed by atoms with van der Waals surface area (Å²) in [5.41, 5.74) is 1.90. The quantitative estimate of drug-likeness (QED) is 0.634. The van der Waals surface area contributed by atoms with Gasteiger partial charge in [0.25, 0.3) is 0 Å². The van der Waals surface area contributed by atoms with Crippen molar-refractivity contribution in [3.05, 3.63) is 64.7 Å². The number of halogens is 1. The lowest BCUT2D eigenvalue weighted by Crippen LogP contribution is -2.13. The van der Waals surface area contributed by atoms with Crippen molar-refractivity contribution in [3.8, 4) is 0 Å². The fraction of sp³-hybridized carbons (Fsp3) is 0.0667. The van der Waals surface area contributed by atoms with E-state index in [1.54, 1.807) is 55.6 Å². The Labute approximate surface area is 116 Å². The summed E-state index contributed by atoms with van der Waals surface area (Å²) < 4.78 is 0. The highest BCUT2D eigenvalue weighted by atomic mass is 35.5. The molecule has 2 aromatic carbocycles. The molecule has 0 aromatic heterocycles. The number of amides is 1. The molecule has 96 valence electrons. The van der Waals surface area contributed by atoms with Crippen LogP contribution in [0.4, 0.5) is 5.69 Å². The van der Waals surface area contributed by atoms with Gasteiger partial charge in [0.15, 0.2) is 5.78 Å². The molecule has 2 aromatic rings. The van der Waals surface area contributed by atoms with E-state index in [1.165, 1.54) is 4.90 Å². The molecule has 0 N–H and O–H groups in total. The molecular formula is C15H12ClNO2. The van der Waals surface area contributed by atoms with Crippen molar-refractivity contribution in [2.24, 2.45) is 0 Å². The Morgan fingerprint density at radius 3 is 1.95 bits per heavy atom. The van der Waals surface area contributed by atoms with E-state index < -0.39 is 0 Å². The number of carbonyl (C=O) groups is 2. The van der Waals surface area contributed by atoms with E-state index in [1.807, 2.05) is 0 Å². The van der Waals surface area contributed by atoms with E-state index in [0.29, 0.717) is 16.1 Å². The zero-order valence-electron chi connectivity index (χ0n) is 10.3. The second-order valence-corrected chi connectivity index (χ2v) is 4.54. The summed E-state index contributed by atoms with van der Waals surface area (Å²) in [6, 6.07) is 13.6. The molecule has 0 heterocycles. The van der Waals surface area contributed by atoms with Gasteiger partial charge in [-0.25, -0.2) is 0 Å². The molecule has 0 radical (unpaired) electrons. The van der Waals surface area contributed by atoms with Gasteiger partial charge in [0.1, 0.15) is 0 Å². The highest BCUT2D eigenvalue weighted by Crippen LogP contribution is 2.17. The smallest absolute Gasteiger partial charge is 0.213 e. The molecule has 0 saturated heterocycles. The first-order chi connectivity index (χ1) is 9.11. The number of hydrogen-bond donors (Lipinski definition) is 0. The summed E-state index contributed by atoms with van der Waals surface area (Å²) in [5.74, 6) is -0.0722. The molecule has 0 aliphatic rings. The molecule has 19 heavy (non-hydrogen) atoms. The highest BCUT2D eigenvalue weighted by molar-refractivity contribution is 6.30. The van der Waals surface area contributed by atoms with E-state index >= 15 is 0 Å². The SMILES string of the molecule is CN(C=O)c1ccc(C(=O)c2ccc(Cl)cc2)cc1. The van der Waals surface area contributed by atoms with Gasteiger partial charge in [-0.05, 0) is 48.5 Å². The normalized spacial score (nSPS) is 10.0. The van der Waals surface area contributed by atoms with E-state index in [9.17, 15) is 9.59 Å². The second kappa shape index (κ2) is 5.67. The van der Waals surface area contributed by atoms with Gasteiger partial charge >= 0.3 is 0 Å². The fourth-order valence-corrected chi connectivity index (χ4v) is 1.80. The lowest BCUT2D eigenvalue weighted by molar-refractivity contribution is -0.107. The Hall–Kier alpha value is -2.13. The van der Waals surface area contributed by atoms with Crippen molar-refractivity contribution in [2.45, 2.75) is 0 Å². The first-order valence-electron chi connectivity index (χ1n) is 5.70. The van der Waals surface area contributed by atoms with Gasteiger partial charge in [0, 0.05) is 28.9 Å². The lowest BCUT2D eigenvalue weighted by Gasteiger charge is -2.10. The Kier molecular flexibility index (Phi) is 3.97. The van der Waals surface area contributed by atoms with Crippen LogP contribution >= 0.6 is 11.6 Å². The molecule has 4 heteroatoms. The van der Waals surface area contributed by atoms with E-state index in [-0.39, 0.29) is 5.78 Å². The summed E-state index contributed by atoms with van der Waals surface area (Å²) in [4.78, 5) is 24.2. The molecule has 0 atom stereocenters. The predicted molar refractivity (Wildman–Crippen MR) is 75.8 cm³/mol. The van der Waals surface area contributed by atoms with Crippen LogP contribution in [0.2, 0.25) is 5.02 Å².